The van der Waals surface area contributed by atoms with Gasteiger partial charge in [0, 0.05) is 23.6 Å². The van der Waals surface area contributed by atoms with Crippen LogP contribution in [-0.2, 0) is 4.79 Å². The average molecular weight is 257 g/mol. The predicted molar refractivity (Wildman–Crippen MR) is 79.1 cm³/mol. The summed E-state index contributed by atoms with van der Waals surface area (Å²) in [5.41, 5.74) is 9.99. The van der Waals surface area contributed by atoms with Crippen molar-refractivity contribution in [2.45, 2.75) is 13.8 Å². The summed E-state index contributed by atoms with van der Waals surface area (Å²) in [5, 5.41) is 5.94. The Morgan fingerprint density at radius 3 is 2.58 bits per heavy atom. The van der Waals surface area contributed by atoms with Gasteiger partial charge in [-0.15, -0.1) is 0 Å². The lowest BCUT2D eigenvalue weighted by molar-refractivity contribution is -0.106. The van der Waals surface area contributed by atoms with Crippen LogP contribution in [0.5, 0.6) is 0 Å². The third kappa shape index (κ3) is 4.71. The van der Waals surface area contributed by atoms with Gasteiger partial charge in [-0.25, -0.2) is 0 Å². The number of aldehydes is 1. The van der Waals surface area contributed by atoms with Crippen molar-refractivity contribution in [1.82, 2.24) is 10.2 Å². The van der Waals surface area contributed by atoms with Crippen LogP contribution >= 0.6 is 0 Å². The van der Waals surface area contributed by atoms with E-state index in [2.05, 4.69) is 23.2 Å². The lowest BCUT2D eigenvalue weighted by Gasteiger charge is -2.04. The van der Waals surface area contributed by atoms with Crippen LogP contribution in [-0.4, -0.2) is 16.5 Å². The van der Waals surface area contributed by atoms with E-state index in [1.54, 1.807) is 0 Å². The van der Waals surface area contributed by atoms with E-state index in [9.17, 15) is 0 Å². The number of aryl methyl sites for hydroxylation is 1. The van der Waals surface area contributed by atoms with Crippen molar-refractivity contribution in [3.05, 3.63) is 54.4 Å². The number of rotatable bonds is 1. The molecule has 1 heterocycles. The molecule has 0 aliphatic rings. The number of anilines is 1. The number of aromatic amines is 2. The summed E-state index contributed by atoms with van der Waals surface area (Å²) in [4.78, 5) is 8.81. The summed E-state index contributed by atoms with van der Waals surface area (Å²) in [7, 11) is 0. The molecule has 100 valence electrons. The van der Waals surface area contributed by atoms with Gasteiger partial charge >= 0.3 is 0 Å². The molecule has 0 aliphatic heterocycles. The number of nitrogens with one attached hydrogen (secondary N) is 2. The average Bonchev–Trinajstić information content (AvgIpc) is 2.35. The number of H-pyrrole nitrogens is 2. The molecule has 0 unspecified atom stereocenters. The second-order valence-electron chi connectivity index (χ2n) is 3.92. The first-order valence-electron chi connectivity index (χ1n) is 5.99. The fraction of sp³-hybridized carbons (Fsp3) is 0.133. The lowest BCUT2D eigenvalue weighted by Crippen LogP contribution is -1.87. The first kappa shape index (κ1) is 14.6. The Morgan fingerprint density at radius 2 is 1.89 bits per heavy atom. The highest BCUT2D eigenvalue weighted by Gasteiger charge is 1.99. The van der Waals surface area contributed by atoms with E-state index in [0.29, 0.717) is 0 Å². The normalized spacial score (nSPS) is 8.95. The number of hydrogen-bond donors (Lipinski definition) is 3. The maximum atomic E-state index is 8.81. The minimum absolute atomic E-state index is 0.750. The van der Waals surface area contributed by atoms with Crippen LogP contribution in [0, 0.1) is 6.92 Å². The second kappa shape index (κ2) is 7.76. The highest BCUT2D eigenvalue weighted by Crippen LogP contribution is 2.22. The number of carbonyl (C=O) groups excluding carboxylic acids is 1. The Hall–Kier alpha value is -2.49. The van der Waals surface area contributed by atoms with Crippen molar-refractivity contribution in [2.24, 2.45) is 0 Å². The minimum Gasteiger partial charge on any atom is -0.399 e. The van der Waals surface area contributed by atoms with Gasteiger partial charge in [-0.2, -0.15) is 0 Å². The largest absolute Gasteiger partial charge is 0.399 e. The summed E-state index contributed by atoms with van der Waals surface area (Å²) in [5.74, 6) is 0. The van der Waals surface area contributed by atoms with E-state index in [-0.39, 0.29) is 0 Å². The maximum Gasteiger partial charge on any atom is 0.116 e. The van der Waals surface area contributed by atoms with E-state index in [1.165, 1.54) is 12.5 Å². The molecule has 2 rings (SSSR count). The highest BCUT2D eigenvalue weighted by molar-refractivity contribution is 5.68. The molecule has 1 aromatic heterocycles. The number of benzene rings is 1. The molecular weight excluding hydrogens is 238 g/mol. The molecule has 4 N–H and O–H groups in total. The number of nitrogens with two attached hydrogens (primary N) is 1. The topological polar surface area (TPSA) is 74.7 Å². The molecule has 0 atom stereocenters. The summed E-state index contributed by atoms with van der Waals surface area (Å²) < 4.78 is 0. The van der Waals surface area contributed by atoms with Gasteiger partial charge < -0.3 is 20.7 Å². The quantitative estimate of drug-likeness (QED) is 0.542. The lowest BCUT2D eigenvalue weighted by atomic mass is 10.0. The summed E-state index contributed by atoms with van der Waals surface area (Å²) in [6.45, 7) is 3.52. The minimum atomic E-state index is 0.750. The molecule has 4 heteroatoms. The highest BCUT2D eigenvalue weighted by atomic mass is 16.1. The number of aromatic nitrogens is 2. The molecule has 0 radical (unpaired) electrons. The molecule has 0 spiro atoms. The molecule has 2 aromatic rings. The van der Waals surface area contributed by atoms with Gasteiger partial charge in [-0.05, 0) is 43.2 Å². The zero-order valence-electron chi connectivity index (χ0n) is 11.2. The van der Waals surface area contributed by atoms with Gasteiger partial charge in [0.1, 0.15) is 6.29 Å². The molecule has 1 aromatic carbocycles. The number of hydrogen-bond acceptors (Lipinski definition) is 2. The molecule has 0 aliphatic carbocycles. The number of nitrogen functional groups attached to an aromatic ring is 1. The van der Waals surface area contributed by atoms with E-state index < -0.39 is 0 Å². The Labute approximate surface area is 113 Å². The van der Waals surface area contributed by atoms with Gasteiger partial charge in [-0.1, -0.05) is 18.2 Å². The van der Waals surface area contributed by atoms with Crippen molar-refractivity contribution < 1.29 is 4.79 Å². The first-order chi connectivity index (χ1) is 9.19. The van der Waals surface area contributed by atoms with Gasteiger partial charge in [0.05, 0.1) is 0 Å². The molecule has 0 fully saturated rings. The molecule has 19 heavy (non-hydrogen) atoms. The number of carbonyl (C=O) groups is 1. The third-order valence-corrected chi connectivity index (χ3v) is 2.45. The van der Waals surface area contributed by atoms with Crippen LogP contribution in [0.3, 0.4) is 0 Å². The summed E-state index contributed by atoms with van der Waals surface area (Å²) in [6.07, 6.45) is 4.53. The standard InChI is InChI=1S/C13H15N3.C2H4O/c1-10-4-3-7-15-16-9-13(10)11-5-2-6-12(14)8-11;1-2-3/h2-9,15-16H,14H2,1H3;2H,1H3. The fourth-order valence-corrected chi connectivity index (χ4v) is 1.62. The first-order valence-corrected chi connectivity index (χ1v) is 5.99. The van der Waals surface area contributed by atoms with Gasteiger partial charge in [0.15, 0.2) is 0 Å². The van der Waals surface area contributed by atoms with E-state index in [1.807, 2.05) is 42.7 Å². The van der Waals surface area contributed by atoms with Crippen molar-refractivity contribution in [1.29, 1.82) is 0 Å². The molecule has 0 saturated heterocycles. The van der Waals surface area contributed by atoms with Crippen LogP contribution in [0.4, 0.5) is 5.69 Å². The van der Waals surface area contributed by atoms with Gasteiger partial charge in [0.25, 0.3) is 0 Å². The van der Waals surface area contributed by atoms with Gasteiger partial charge in [-0.3, -0.25) is 0 Å². The zero-order valence-corrected chi connectivity index (χ0v) is 11.2. The van der Waals surface area contributed by atoms with Crippen molar-refractivity contribution in [3.63, 3.8) is 0 Å². The smallest absolute Gasteiger partial charge is 0.116 e. The molecule has 0 saturated carbocycles. The molecule has 0 bridgehead atoms. The van der Waals surface area contributed by atoms with Crippen molar-refractivity contribution in [2.75, 3.05) is 5.73 Å². The Morgan fingerprint density at radius 1 is 1.16 bits per heavy atom. The second-order valence-corrected chi connectivity index (χ2v) is 3.92. The van der Waals surface area contributed by atoms with Crippen LogP contribution in [0.2, 0.25) is 0 Å². The Balaban J connectivity index is 0.000000550. The SMILES string of the molecule is CC=O.Cc1ccc[nH][nH]cc1-c1cccc(N)c1. The van der Waals surface area contributed by atoms with Crippen molar-refractivity contribution in [3.8, 4) is 11.1 Å². The summed E-state index contributed by atoms with van der Waals surface area (Å²) in [6, 6.07) is 11.9. The van der Waals surface area contributed by atoms with E-state index in [4.69, 9.17) is 10.5 Å². The van der Waals surface area contributed by atoms with Crippen molar-refractivity contribution >= 4 is 12.0 Å². The van der Waals surface area contributed by atoms with Gasteiger partial charge in [0.2, 0.25) is 0 Å². The third-order valence-electron chi connectivity index (χ3n) is 2.45. The van der Waals surface area contributed by atoms with E-state index >= 15 is 0 Å². The Kier molecular flexibility index (Phi) is 5.95. The molecule has 0 amide bonds. The van der Waals surface area contributed by atoms with Crippen LogP contribution in [0.25, 0.3) is 11.1 Å². The summed E-state index contributed by atoms with van der Waals surface area (Å²) >= 11 is 0. The molecular formula is C15H19N3O. The monoisotopic (exact) mass is 257 g/mol. The van der Waals surface area contributed by atoms with Crippen LogP contribution in [0.15, 0.2) is 48.8 Å². The zero-order chi connectivity index (χ0) is 14.1. The van der Waals surface area contributed by atoms with Crippen LogP contribution < -0.4 is 5.73 Å². The van der Waals surface area contributed by atoms with E-state index in [0.717, 1.165) is 23.1 Å². The molecule has 4 nitrogen and oxygen atoms in total. The fourth-order valence-electron chi connectivity index (χ4n) is 1.62. The predicted octanol–water partition coefficient (Wildman–Crippen LogP) is 3.23. The Bertz CT molecular complexity index is 568. The maximum absolute atomic E-state index is 8.81. The van der Waals surface area contributed by atoms with Crippen LogP contribution in [0.1, 0.15) is 12.5 Å².